The summed E-state index contributed by atoms with van der Waals surface area (Å²) >= 11 is 3.59. The van der Waals surface area contributed by atoms with Crippen LogP contribution >= 0.6 is 15.9 Å². The van der Waals surface area contributed by atoms with Crippen LogP contribution in [0.25, 0.3) is 10.8 Å². The van der Waals surface area contributed by atoms with Gasteiger partial charge < -0.3 is 15.2 Å². The fraction of sp³-hybridized carbons (Fsp3) is 0.333. The number of aliphatic hydroxyl groups is 1. The quantitative estimate of drug-likeness (QED) is 0.803. The van der Waals surface area contributed by atoms with E-state index in [4.69, 9.17) is 9.84 Å². The van der Waals surface area contributed by atoms with Gasteiger partial charge >= 0.3 is 0 Å². The van der Waals surface area contributed by atoms with Crippen molar-refractivity contribution in [1.29, 1.82) is 0 Å². The monoisotopic (exact) mass is 323 g/mol. The van der Waals surface area contributed by atoms with Crippen molar-refractivity contribution in [3.05, 3.63) is 40.9 Å². The second-order valence-electron chi connectivity index (χ2n) is 4.50. The molecule has 0 heterocycles. The summed E-state index contributed by atoms with van der Waals surface area (Å²) in [6.07, 6.45) is -0.326. The van der Waals surface area contributed by atoms with Crippen molar-refractivity contribution in [3.63, 3.8) is 0 Å². The van der Waals surface area contributed by atoms with Gasteiger partial charge in [0.2, 0.25) is 0 Å². The number of hydrogen-bond donors (Lipinski definition) is 2. The van der Waals surface area contributed by atoms with E-state index in [1.807, 2.05) is 18.2 Å². The Balaban J connectivity index is 1.96. The highest BCUT2D eigenvalue weighted by atomic mass is 79.9. The average Bonchev–Trinajstić information content (AvgIpc) is 2.41. The number of fused-ring (bicyclic) bond motifs is 1. The molecular formula is C15H18BrNO2. The van der Waals surface area contributed by atoms with E-state index in [-0.39, 0.29) is 6.10 Å². The zero-order valence-electron chi connectivity index (χ0n) is 10.9. The van der Waals surface area contributed by atoms with Crippen LogP contribution in [-0.4, -0.2) is 30.9 Å². The summed E-state index contributed by atoms with van der Waals surface area (Å²) in [5.74, 6) is 0.845. The molecule has 3 nitrogen and oxygen atoms in total. The summed E-state index contributed by atoms with van der Waals surface area (Å²) in [4.78, 5) is 0. The zero-order valence-corrected chi connectivity index (χ0v) is 12.5. The molecule has 19 heavy (non-hydrogen) atoms. The van der Waals surface area contributed by atoms with Crippen molar-refractivity contribution in [2.45, 2.75) is 13.0 Å². The van der Waals surface area contributed by atoms with Crippen molar-refractivity contribution in [3.8, 4) is 5.75 Å². The first-order valence-corrected chi connectivity index (χ1v) is 7.16. The van der Waals surface area contributed by atoms with E-state index in [0.717, 1.165) is 15.6 Å². The lowest BCUT2D eigenvalue weighted by Gasteiger charge is -2.11. The van der Waals surface area contributed by atoms with E-state index in [0.29, 0.717) is 19.7 Å². The lowest BCUT2D eigenvalue weighted by atomic mass is 10.1. The normalized spacial score (nSPS) is 12.6. The Hall–Kier alpha value is -1.10. The second kappa shape index (κ2) is 6.89. The molecule has 0 aliphatic heterocycles. The molecule has 102 valence electrons. The van der Waals surface area contributed by atoms with Crippen molar-refractivity contribution >= 4 is 26.7 Å². The topological polar surface area (TPSA) is 41.5 Å². The standard InChI is InChI=1S/C15H18BrNO2/c1-11(18)10-17-8-9-19-14-7-6-12-4-2-3-5-13(12)15(14)16/h2-7,11,17-18H,8-10H2,1H3/t11-/m1/s1. The molecule has 2 aromatic carbocycles. The summed E-state index contributed by atoms with van der Waals surface area (Å²) in [5.41, 5.74) is 0. The number of ether oxygens (including phenoxy) is 1. The predicted octanol–water partition coefficient (Wildman–Crippen LogP) is 2.95. The summed E-state index contributed by atoms with van der Waals surface area (Å²) in [6.45, 7) is 3.63. The molecule has 0 bridgehead atoms. The highest BCUT2D eigenvalue weighted by Gasteiger charge is 2.05. The first kappa shape index (κ1) is 14.3. The van der Waals surface area contributed by atoms with Gasteiger partial charge in [-0.2, -0.15) is 0 Å². The first-order chi connectivity index (χ1) is 9.18. The SMILES string of the molecule is C[C@@H](O)CNCCOc1ccc2ccccc2c1Br. The summed E-state index contributed by atoms with van der Waals surface area (Å²) in [5, 5.41) is 14.6. The van der Waals surface area contributed by atoms with E-state index in [9.17, 15) is 0 Å². The molecule has 4 heteroatoms. The minimum Gasteiger partial charge on any atom is -0.491 e. The van der Waals surface area contributed by atoms with Gasteiger partial charge in [0.25, 0.3) is 0 Å². The Morgan fingerprint density at radius 1 is 1.26 bits per heavy atom. The molecule has 0 amide bonds. The highest BCUT2D eigenvalue weighted by molar-refractivity contribution is 9.10. The largest absolute Gasteiger partial charge is 0.491 e. The molecule has 0 aliphatic carbocycles. The summed E-state index contributed by atoms with van der Waals surface area (Å²) in [7, 11) is 0. The number of halogens is 1. The third kappa shape index (κ3) is 3.93. The van der Waals surface area contributed by atoms with Crippen LogP contribution in [0.3, 0.4) is 0 Å². The van der Waals surface area contributed by atoms with Crippen LogP contribution in [0, 0.1) is 0 Å². The Bertz CT molecular complexity index is 543. The number of hydrogen-bond acceptors (Lipinski definition) is 3. The minimum absolute atomic E-state index is 0.326. The molecular weight excluding hydrogens is 306 g/mol. The molecule has 0 aliphatic rings. The Morgan fingerprint density at radius 3 is 2.84 bits per heavy atom. The fourth-order valence-corrected chi connectivity index (χ4v) is 2.48. The smallest absolute Gasteiger partial charge is 0.134 e. The van der Waals surface area contributed by atoms with E-state index in [2.05, 4.69) is 39.4 Å². The van der Waals surface area contributed by atoms with Crippen molar-refractivity contribution < 1.29 is 9.84 Å². The summed E-state index contributed by atoms with van der Waals surface area (Å²) < 4.78 is 6.72. The molecule has 0 aromatic heterocycles. The molecule has 0 radical (unpaired) electrons. The van der Waals surface area contributed by atoms with Gasteiger partial charge in [-0.3, -0.25) is 0 Å². The third-order valence-corrected chi connectivity index (χ3v) is 3.62. The van der Waals surface area contributed by atoms with E-state index < -0.39 is 0 Å². The second-order valence-corrected chi connectivity index (χ2v) is 5.29. The molecule has 0 saturated carbocycles. The number of rotatable bonds is 6. The van der Waals surface area contributed by atoms with Crippen molar-refractivity contribution in [2.24, 2.45) is 0 Å². The Morgan fingerprint density at radius 2 is 2.05 bits per heavy atom. The van der Waals surface area contributed by atoms with Crippen molar-refractivity contribution in [1.82, 2.24) is 5.32 Å². The van der Waals surface area contributed by atoms with Gasteiger partial charge in [0.15, 0.2) is 0 Å². The van der Waals surface area contributed by atoms with Gasteiger partial charge in [-0.05, 0) is 39.7 Å². The lowest BCUT2D eigenvalue weighted by Crippen LogP contribution is -2.28. The predicted molar refractivity (Wildman–Crippen MR) is 81.7 cm³/mol. The molecule has 2 rings (SSSR count). The molecule has 0 spiro atoms. The lowest BCUT2D eigenvalue weighted by molar-refractivity contribution is 0.188. The van der Waals surface area contributed by atoms with Gasteiger partial charge in [0, 0.05) is 13.1 Å². The van der Waals surface area contributed by atoms with E-state index in [1.54, 1.807) is 6.92 Å². The maximum Gasteiger partial charge on any atom is 0.134 e. The number of aliphatic hydroxyl groups excluding tert-OH is 1. The van der Waals surface area contributed by atoms with Crippen LogP contribution in [-0.2, 0) is 0 Å². The van der Waals surface area contributed by atoms with Gasteiger partial charge in [0.05, 0.1) is 10.6 Å². The molecule has 0 unspecified atom stereocenters. The highest BCUT2D eigenvalue weighted by Crippen LogP contribution is 2.32. The van der Waals surface area contributed by atoms with Gasteiger partial charge in [-0.25, -0.2) is 0 Å². The third-order valence-electron chi connectivity index (χ3n) is 2.80. The van der Waals surface area contributed by atoms with Gasteiger partial charge in [-0.15, -0.1) is 0 Å². The fourth-order valence-electron chi connectivity index (χ4n) is 1.87. The maximum absolute atomic E-state index is 9.12. The Kier molecular flexibility index (Phi) is 5.19. The van der Waals surface area contributed by atoms with E-state index in [1.165, 1.54) is 5.39 Å². The van der Waals surface area contributed by atoms with Gasteiger partial charge in [0.1, 0.15) is 12.4 Å². The molecule has 2 aromatic rings. The number of nitrogens with one attached hydrogen (secondary N) is 1. The van der Waals surface area contributed by atoms with E-state index >= 15 is 0 Å². The minimum atomic E-state index is -0.326. The summed E-state index contributed by atoms with van der Waals surface area (Å²) in [6, 6.07) is 12.2. The molecule has 0 fully saturated rings. The van der Waals surface area contributed by atoms with Crippen LogP contribution < -0.4 is 10.1 Å². The van der Waals surface area contributed by atoms with Crippen molar-refractivity contribution in [2.75, 3.05) is 19.7 Å². The number of benzene rings is 2. The van der Waals surface area contributed by atoms with Crippen LogP contribution in [0.5, 0.6) is 5.75 Å². The first-order valence-electron chi connectivity index (χ1n) is 6.37. The maximum atomic E-state index is 9.12. The van der Waals surface area contributed by atoms with Gasteiger partial charge in [-0.1, -0.05) is 30.3 Å². The zero-order chi connectivity index (χ0) is 13.7. The van der Waals surface area contributed by atoms with Crippen LogP contribution in [0.4, 0.5) is 0 Å². The Labute approximate surface area is 121 Å². The molecule has 1 atom stereocenters. The average molecular weight is 324 g/mol. The molecule has 0 saturated heterocycles. The molecule has 2 N–H and O–H groups in total. The van der Waals surface area contributed by atoms with Crippen LogP contribution in [0.15, 0.2) is 40.9 Å². The van der Waals surface area contributed by atoms with Crippen LogP contribution in [0.1, 0.15) is 6.92 Å². The van der Waals surface area contributed by atoms with Crippen LogP contribution in [0.2, 0.25) is 0 Å².